The van der Waals surface area contributed by atoms with Gasteiger partial charge in [-0.15, -0.1) is 0 Å². The highest BCUT2D eigenvalue weighted by Gasteiger charge is 2.26. The van der Waals surface area contributed by atoms with E-state index in [0.717, 1.165) is 16.9 Å². The molecular weight excluding hydrogens is 444 g/mol. The smallest absolute Gasteiger partial charge is 0.246 e. The average Bonchev–Trinajstić information content (AvgIpc) is 2.86. The second kappa shape index (κ2) is 10.4. The molecule has 2 aromatic carbocycles. The van der Waals surface area contributed by atoms with Crippen molar-refractivity contribution in [3.8, 4) is 11.5 Å². The lowest BCUT2D eigenvalue weighted by Crippen LogP contribution is -2.40. The highest BCUT2D eigenvalue weighted by molar-refractivity contribution is 7.89. The molecule has 0 N–H and O–H groups in total. The number of hydrogen-bond donors (Lipinski definition) is 0. The second-order valence-corrected chi connectivity index (χ2v) is 9.69. The molecule has 8 nitrogen and oxygen atoms in total. The van der Waals surface area contributed by atoms with Crippen molar-refractivity contribution in [1.29, 1.82) is 0 Å². The van der Waals surface area contributed by atoms with Gasteiger partial charge in [-0.25, -0.2) is 8.42 Å². The molecule has 9 heteroatoms. The van der Waals surface area contributed by atoms with E-state index in [-0.39, 0.29) is 10.8 Å². The Morgan fingerprint density at radius 1 is 1.00 bits per heavy atom. The Morgan fingerprint density at radius 2 is 1.70 bits per heavy atom. The number of sulfonamides is 1. The van der Waals surface area contributed by atoms with Gasteiger partial charge in [0.15, 0.2) is 11.5 Å². The third-order valence-electron chi connectivity index (χ3n) is 5.58. The van der Waals surface area contributed by atoms with Crippen molar-refractivity contribution in [2.24, 2.45) is 0 Å². The number of benzene rings is 2. The van der Waals surface area contributed by atoms with E-state index in [9.17, 15) is 13.2 Å². The zero-order chi connectivity index (χ0) is 23.3. The number of likely N-dealkylation sites (N-methyl/N-ethyl adjacent to an activating group) is 1. The van der Waals surface area contributed by atoms with E-state index in [1.165, 1.54) is 10.4 Å². The van der Waals surface area contributed by atoms with Crippen molar-refractivity contribution < 1.29 is 27.4 Å². The molecule has 4 rings (SSSR count). The molecule has 2 aliphatic heterocycles. The molecule has 33 heavy (non-hydrogen) atoms. The van der Waals surface area contributed by atoms with Gasteiger partial charge in [0.05, 0.1) is 18.1 Å². The number of nitrogens with zero attached hydrogens (tertiary/aromatic N) is 2. The van der Waals surface area contributed by atoms with Crippen LogP contribution in [-0.2, 0) is 26.1 Å². The van der Waals surface area contributed by atoms with Crippen molar-refractivity contribution in [1.82, 2.24) is 9.21 Å². The van der Waals surface area contributed by atoms with Crippen LogP contribution >= 0.6 is 0 Å². The number of hydrogen-bond acceptors (Lipinski definition) is 6. The lowest BCUT2D eigenvalue weighted by Gasteiger charge is -2.26. The molecule has 2 heterocycles. The van der Waals surface area contributed by atoms with Crippen LogP contribution in [0.15, 0.2) is 53.4 Å². The fourth-order valence-electron chi connectivity index (χ4n) is 3.71. The number of amides is 1. The maximum absolute atomic E-state index is 12.7. The molecule has 0 aliphatic carbocycles. The molecule has 0 unspecified atom stereocenters. The van der Waals surface area contributed by atoms with E-state index in [2.05, 4.69) is 0 Å². The van der Waals surface area contributed by atoms with E-state index in [0.29, 0.717) is 58.4 Å². The molecule has 1 amide bonds. The largest absolute Gasteiger partial charge is 0.486 e. The molecule has 0 spiro atoms. The van der Waals surface area contributed by atoms with E-state index >= 15 is 0 Å². The van der Waals surface area contributed by atoms with Gasteiger partial charge in [0.2, 0.25) is 15.9 Å². The average molecular weight is 473 g/mol. The molecule has 1 saturated heterocycles. The van der Waals surface area contributed by atoms with Gasteiger partial charge in [-0.3, -0.25) is 4.79 Å². The molecule has 2 aromatic rings. The van der Waals surface area contributed by atoms with E-state index in [1.807, 2.05) is 25.1 Å². The van der Waals surface area contributed by atoms with Gasteiger partial charge in [-0.05, 0) is 48.4 Å². The molecular formula is C24H28N2O6S. The van der Waals surface area contributed by atoms with Crippen molar-refractivity contribution >= 4 is 22.0 Å². The monoisotopic (exact) mass is 472 g/mol. The Morgan fingerprint density at radius 3 is 2.39 bits per heavy atom. The summed E-state index contributed by atoms with van der Waals surface area (Å²) < 4.78 is 43.3. The first-order valence-corrected chi connectivity index (χ1v) is 12.4. The summed E-state index contributed by atoms with van der Waals surface area (Å²) in [7, 11) is -3.53. The maximum atomic E-state index is 12.7. The van der Waals surface area contributed by atoms with E-state index < -0.39 is 10.0 Å². The van der Waals surface area contributed by atoms with Gasteiger partial charge in [-0.1, -0.05) is 18.2 Å². The van der Waals surface area contributed by atoms with Crippen molar-refractivity contribution in [3.05, 3.63) is 59.7 Å². The fourth-order valence-corrected chi connectivity index (χ4v) is 5.12. The third kappa shape index (κ3) is 5.55. The second-order valence-electron chi connectivity index (χ2n) is 7.75. The molecule has 0 radical (unpaired) electrons. The van der Waals surface area contributed by atoms with Gasteiger partial charge in [0.1, 0.15) is 13.2 Å². The fraction of sp³-hybridized carbons (Fsp3) is 0.375. The summed E-state index contributed by atoms with van der Waals surface area (Å²) in [5.41, 5.74) is 1.71. The Kier molecular flexibility index (Phi) is 7.32. The molecule has 1 fully saturated rings. The number of fused-ring (bicyclic) bond motifs is 1. The highest BCUT2D eigenvalue weighted by atomic mass is 32.2. The summed E-state index contributed by atoms with van der Waals surface area (Å²) in [6.07, 6.45) is 3.20. The van der Waals surface area contributed by atoms with Crippen LogP contribution in [0.25, 0.3) is 6.08 Å². The van der Waals surface area contributed by atoms with Crippen LogP contribution in [0.5, 0.6) is 11.5 Å². The summed E-state index contributed by atoms with van der Waals surface area (Å²) in [6.45, 7) is 5.50. The number of ether oxygens (including phenoxy) is 3. The minimum absolute atomic E-state index is 0.127. The van der Waals surface area contributed by atoms with Crippen LogP contribution in [-0.4, -0.2) is 69.6 Å². The van der Waals surface area contributed by atoms with Gasteiger partial charge in [0, 0.05) is 32.3 Å². The van der Waals surface area contributed by atoms with Crippen LogP contribution in [0, 0.1) is 0 Å². The lowest BCUT2D eigenvalue weighted by molar-refractivity contribution is -0.126. The molecule has 0 saturated carbocycles. The first-order valence-electron chi connectivity index (χ1n) is 11.0. The van der Waals surface area contributed by atoms with E-state index in [1.54, 1.807) is 35.2 Å². The van der Waals surface area contributed by atoms with Crippen LogP contribution in [0.3, 0.4) is 0 Å². The van der Waals surface area contributed by atoms with Crippen LogP contribution in [0.4, 0.5) is 0 Å². The first-order chi connectivity index (χ1) is 16.0. The molecule has 0 aromatic heterocycles. The predicted molar refractivity (Wildman–Crippen MR) is 124 cm³/mol. The lowest BCUT2D eigenvalue weighted by atomic mass is 10.1. The van der Waals surface area contributed by atoms with Crippen molar-refractivity contribution in [2.45, 2.75) is 18.4 Å². The normalized spacial score (nSPS) is 16.6. The number of carbonyl (C=O) groups excluding carboxylic acids is 1. The van der Waals surface area contributed by atoms with E-state index in [4.69, 9.17) is 14.2 Å². The summed E-state index contributed by atoms with van der Waals surface area (Å²) >= 11 is 0. The standard InChI is InChI=1S/C24H28N2O6S/c1-2-25(18-20-5-9-22-23(17-20)32-16-15-31-22)24(27)10-6-19-3-7-21(8-4-19)33(28,29)26-11-13-30-14-12-26/h3-10,17H,2,11-16,18H2,1H3/b10-6+. The van der Waals surface area contributed by atoms with Gasteiger partial charge in [-0.2, -0.15) is 4.31 Å². The maximum Gasteiger partial charge on any atom is 0.246 e. The molecule has 176 valence electrons. The first kappa shape index (κ1) is 23.3. The van der Waals surface area contributed by atoms with Crippen LogP contribution in [0.1, 0.15) is 18.1 Å². The predicted octanol–water partition coefficient (Wildman–Crippen LogP) is 2.54. The number of rotatable bonds is 7. The molecule has 0 atom stereocenters. The Hall–Kier alpha value is -2.88. The topological polar surface area (TPSA) is 85.4 Å². The third-order valence-corrected chi connectivity index (χ3v) is 7.49. The Labute approximate surface area is 194 Å². The minimum atomic E-state index is -3.53. The van der Waals surface area contributed by atoms with Crippen molar-refractivity contribution in [2.75, 3.05) is 46.1 Å². The number of carbonyl (C=O) groups is 1. The molecule has 0 bridgehead atoms. The van der Waals surface area contributed by atoms with Gasteiger partial charge in [0.25, 0.3) is 0 Å². The summed E-state index contributed by atoms with van der Waals surface area (Å²) in [4.78, 5) is 14.7. The summed E-state index contributed by atoms with van der Waals surface area (Å²) in [6, 6.07) is 12.2. The summed E-state index contributed by atoms with van der Waals surface area (Å²) in [5.74, 6) is 1.29. The van der Waals surface area contributed by atoms with Gasteiger partial charge < -0.3 is 19.1 Å². The van der Waals surface area contributed by atoms with Gasteiger partial charge >= 0.3 is 0 Å². The zero-order valence-corrected chi connectivity index (χ0v) is 19.4. The minimum Gasteiger partial charge on any atom is -0.486 e. The SMILES string of the molecule is CCN(Cc1ccc2c(c1)OCCO2)C(=O)/C=C/c1ccc(S(=O)(=O)N2CCOCC2)cc1. The molecule has 2 aliphatic rings. The quantitative estimate of drug-likeness (QED) is 0.576. The Balaban J connectivity index is 1.39. The van der Waals surface area contributed by atoms with Crippen LogP contribution in [0.2, 0.25) is 0 Å². The van der Waals surface area contributed by atoms with Crippen LogP contribution < -0.4 is 9.47 Å². The Bertz CT molecular complexity index is 1110. The zero-order valence-electron chi connectivity index (χ0n) is 18.6. The highest BCUT2D eigenvalue weighted by Crippen LogP contribution is 2.31. The van der Waals surface area contributed by atoms with Crippen molar-refractivity contribution in [3.63, 3.8) is 0 Å². The number of morpholine rings is 1. The summed E-state index contributed by atoms with van der Waals surface area (Å²) in [5, 5.41) is 0.